The third-order valence-corrected chi connectivity index (χ3v) is 5.02. The average molecular weight is 339 g/mol. The number of aromatic amines is 1. The van der Waals surface area contributed by atoms with Crippen LogP contribution in [0.4, 0.5) is 10.1 Å². The lowest BCUT2D eigenvalue weighted by molar-refractivity contribution is 0.314. The maximum Gasteiger partial charge on any atom is 0.219 e. The first-order valence-electron chi connectivity index (χ1n) is 8.17. The highest BCUT2D eigenvalue weighted by Gasteiger charge is 2.25. The van der Waals surface area contributed by atoms with Crippen molar-refractivity contribution in [2.24, 2.45) is 5.18 Å². The Hall–Kier alpha value is -2.73. The minimum Gasteiger partial charge on any atom is -0.493 e. The van der Waals surface area contributed by atoms with E-state index >= 15 is 0 Å². The number of nitroso groups, excluding NO2 is 1. The molecule has 0 amide bonds. The number of H-pyrrole nitrogens is 1. The van der Waals surface area contributed by atoms with Crippen molar-refractivity contribution >= 4 is 16.6 Å². The quantitative estimate of drug-likeness (QED) is 0.681. The summed E-state index contributed by atoms with van der Waals surface area (Å²) in [5.74, 6) is -0.526. The minimum absolute atomic E-state index is 0.00123. The van der Waals surface area contributed by atoms with E-state index in [-0.39, 0.29) is 17.4 Å². The van der Waals surface area contributed by atoms with Crippen molar-refractivity contribution in [1.82, 2.24) is 9.88 Å². The van der Waals surface area contributed by atoms with Gasteiger partial charge in [0.15, 0.2) is 5.69 Å². The SMILES string of the molecule is Cc1ccc(F)cc1-c1cc2c(N=O)c(O)[nH]c2c2c1CCN(C)C2. The first-order chi connectivity index (χ1) is 12.0. The average Bonchev–Trinajstić information content (AvgIpc) is 2.91. The first kappa shape index (κ1) is 15.8. The van der Waals surface area contributed by atoms with E-state index < -0.39 is 0 Å². The molecule has 1 aliphatic rings. The summed E-state index contributed by atoms with van der Waals surface area (Å²) < 4.78 is 13.9. The van der Waals surface area contributed by atoms with Gasteiger partial charge >= 0.3 is 0 Å². The molecule has 5 nitrogen and oxygen atoms in total. The Labute approximate surface area is 144 Å². The third kappa shape index (κ3) is 2.41. The topological polar surface area (TPSA) is 68.7 Å². The highest BCUT2D eigenvalue weighted by atomic mass is 19.1. The predicted molar refractivity (Wildman–Crippen MR) is 95.6 cm³/mol. The fraction of sp³-hybridized carbons (Fsp3) is 0.263. The molecular weight excluding hydrogens is 321 g/mol. The molecule has 0 spiro atoms. The monoisotopic (exact) mass is 339 g/mol. The van der Waals surface area contributed by atoms with Gasteiger partial charge in [0.25, 0.3) is 0 Å². The van der Waals surface area contributed by atoms with E-state index in [0.29, 0.717) is 11.9 Å². The Bertz CT molecular complexity index is 1010. The van der Waals surface area contributed by atoms with E-state index in [2.05, 4.69) is 15.1 Å². The second kappa shape index (κ2) is 5.67. The van der Waals surface area contributed by atoms with Gasteiger partial charge < -0.3 is 15.0 Å². The summed E-state index contributed by atoms with van der Waals surface area (Å²) in [6.07, 6.45) is 0.816. The Morgan fingerprint density at radius 3 is 2.80 bits per heavy atom. The number of rotatable bonds is 2. The van der Waals surface area contributed by atoms with E-state index in [1.807, 2.05) is 20.0 Å². The lowest BCUT2D eigenvalue weighted by atomic mass is 9.87. The molecule has 2 N–H and O–H groups in total. The fourth-order valence-corrected chi connectivity index (χ4v) is 3.74. The number of aryl methyl sites for hydroxylation is 1. The predicted octanol–water partition coefficient (Wildman–Crippen LogP) is 4.37. The minimum atomic E-state index is -0.298. The standard InChI is InChI=1S/C19H18FN3O2/c1-10-3-4-11(20)7-13(10)14-8-15-17(21-19(24)18(15)22-25)16-9-23(2)6-5-12(14)16/h3-4,7-8,21,24H,5-6,9H2,1-2H3. The number of likely N-dealkylation sites (N-methyl/N-ethyl adjacent to an activating group) is 1. The van der Waals surface area contributed by atoms with Gasteiger partial charge in [-0.1, -0.05) is 6.07 Å². The lowest BCUT2D eigenvalue weighted by Crippen LogP contribution is -2.27. The smallest absolute Gasteiger partial charge is 0.219 e. The maximum absolute atomic E-state index is 13.9. The molecule has 0 bridgehead atoms. The zero-order valence-corrected chi connectivity index (χ0v) is 14.1. The summed E-state index contributed by atoms with van der Waals surface area (Å²) in [6, 6.07) is 6.56. The largest absolute Gasteiger partial charge is 0.493 e. The molecule has 0 unspecified atom stereocenters. The fourth-order valence-electron chi connectivity index (χ4n) is 3.74. The van der Waals surface area contributed by atoms with Crippen LogP contribution in [0.15, 0.2) is 29.4 Å². The van der Waals surface area contributed by atoms with E-state index in [1.54, 1.807) is 6.07 Å². The van der Waals surface area contributed by atoms with Crippen LogP contribution in [0, 0.1) is 17.6 Å². The molecule has 4 rings (SSSR count). The molecule has 0 aliphatic carbocycles. The van der Waals surface area contributed by atoms with Crippen LogP contribution in [0.2, 0.25) is 0 Å². The van der Waals surface area contributed by atoms with Crippen LogP contribution >= 0.6 is 0 Å². The number of aromatic hydroxyl groups is 1. The van der Waals surface area contributed by atoms with Gasteiger partial charge in [0.1, 0.15) is 5.82 Å². The van der Waals surface area contributed by atoms with Crippen LogP contribution in [0.3, 0.4) is 0 Å². The molecule has 0 fully saturated rings. The van der Waals surface area contributed by atoms with E-state index in [9.17, 15) is 14.4 Å². The molecule has 0 saturated carbocycles. The molecule has 0 radical (unpaired) electrons. The number of nitrogens with one attached hydrogen (secondary N) is 1. The van der Waals surface area contributed by atoms with Crippen LogP contribution in [0.25, 0.3) is 22.0 Å². The summed E-state index contributed by atoms with van der Waals surface area (Å²) in [5, 5.41) is 13.6. The van der Waals surface area contributed by atoms with Gasteiger partial charge in [0.2, 0.25) is 5.88 Å². The highest BCUT2D eigenvalue weighted by molar-refractivity contribution is 6.00. The molecule has 0 saturated heterocycles. The Morgan fingerprint density at radius 1 is 1.24 bits per heavy atom. The lowest BCUT2D eigenvalue weighted by Gasteiger charge is -2.28. The Kier molecular flexibility index (Phi) is 3.58. The van der Waals surface area contributed by atoms with Gasteiger partial charge in [-0.25, -0.2) is 4.39 Å². The number of hydrogen-bond acceptors (Lipinski definition) is 4. The molecule has 0 atom stereocenters. The van der Waals surface area contributed by atoms with E-state index in [1.165, 1.54) is 12.1 Å². The van der Waals surface area contributed by atoms with Gasteiger partial charge in [-0.15, -0.1) is 4.91 Å². The molecule has 3 aromatic rings. The van der Waals surface area contributed by atoms with Gasteiger partial charge in [0, 0.05) is 18.5 Å². The summed E-state index contributed by atoms with van der Waals surface area (Å²) in [6.45, 7) is 3.52. The molecule has 2 heterocycles. The second-order valence-corrected chi connectivity index (χ2v) is 6.66. The van der Waals surface area contributed by atoms with Crippen LogP contribution in [0.5, 0.6) is 5.88 Å². The van der Waals surface area contributed by atoms with Crippen molar-refractivity contribution in [3.8, 4) is 17.0 Å². The molecule has 1 aliphatic heterocycles. The first-order valence-corrected chi connectivity index (χ1v) is 8.17. The summed E-state index contributed by atoms with van der Waals surface area (Å²) in [4.78, 5) is 16.3. The van der Waals surface area contributed by atoms with Crippen LogP contribution in [0.1, 0.15) is 16.7 Å². The van der Waals surface area contributed by atoms with E-state index in [4.69, 9.17) is 0 Å². The zero-order chi connectivity index (χ0) is 17.7. The molecule has 2 aromatic carbocycles. The van der Waals surface area contributed by atoms with Crippen molar-refractivity contribution in [2.45, 2.75) is 19.9 Å². The number of benzene rings is 2. The van der Waals surface area contributed by atoms with Gasteiger partial charge in [-0.2, -0.15) is 0 Å². The molecule has 6 heteroatoms. The number of fused-ring (bicyclic) bond motifs is 3. The number of nitrogens with zero attached hydrogens (tertiary/aromatic N) is 2. The summed E-state index contributed by atoms with van der Waals surface area (Å²) >= 11 is 0. The zero-order valence-electron chi connectivity index (χ0n) is 14.1. The van der Waals surface area contributed by atoms with Crippen molar-refractivity contribution < 1.29 is 9.50 Å². The normalized spacial score (nSPS) is 14.7. The second-order valence-electron chi connectivity index (χ2n) is 6.66. The Balaban J connectivity index is 2.11. The van der Waals surface area contributed by atoms with Gasteiger partial charge in [0.05, 0.1) is 5.52 Å². The van der Waals surface area contributed by atoms with Crippen LogP contribution in [-0.2, 0) is 13.0 Å². The molecule has 25 heavy (non-hydrogen) atoms. The maximum atomic E-state index is 13.9. The van der Waals surface area contributed by atoms with Crippen LogP contribution < -0.4 is 0 Å². The highest BCUT2D eigenvalue weighted by Crippen LogP contribution is 2.43. The number of aromatic nitrogens is 1. The van der Waals surface area contributed by atoms with Crippen molar-refractivity contribution in [3.05, 3.63) is 51.7 Å². The number of halogens is 1. The van der Waals surface area contributed by atoms with E-state index in [0.717, 1.165) is 46.3 Å². The van der Waals surface area contributed by atoms with Crippen molar-refractivity contribution in [1.29, 1.82) is 0 Å². The van der Waals surface area contributed by atoms with Gasteiger partial charge in [-0.3, -0.25) is 0 Å². The summed E-state index contributed by atoms with van der Waals surface area (Å²) in [7, 11) is 2.02. The summed E-state index contributed by atoms with van der Waals surface area (Å²) in [5.41, 5.74) is 5.54. The van der Waals surface area contributed by atoms with Crippen molar-refractivity contribution in [2.75, 3.05) is 13.6 Å². The van der Waals surface area contributed by atoms with Crippen molar-refractivity contribution in [3.63, 3.8) is 0 Å². The number of hydrogen-bond donors (Lipinski definition) is 2. The van der Waals surface area contributed by atoms with Gasteiger partial charge in [-0.05, 0) is 71.6 Å². The Morgan fingerprint density at radius 2 is 2.04 bits per heavy atom. The molecular formula is C19H18FN3O2. The molecule has 128 valence electrons. The third-order valence-electron chi connectivity index (χ3n) is 5.02. The molecule has 1 aromatic heterocycles. The van der Waals surface area contributed by atoms with Crippen LogP contribution in [-0.4, -0.2) is 28.6 Å².